The van der Waals surface area contributed by atoms with Crippen LogP contribution in [0.1, 0.15) is 46.5 Å². The van der Waals surface area contributed by atoms with Crippen LogP contribution >= 0.6 is 0 Å². The molecule has 2 unspecified atom stereocenters. The van der Waals surface area contributed by atoms with Crippen molar-refractivity contribution in [3.8, 4) is 0 Å². The normalized spacial score (nSPS) is 24.6. The molecule has 0 bridgehead atoms. The highest BCUT2D eigenvalue weighted by molar-refractivity contribution is 5.76. The lowest BCUT2D eigenvalue weighted by atomic mass is 9.87. The Morgan fingerprint density at radius 2 is 2.29 bits per heavy atom. The number of carbonyl (C=O) groups excluding carboxylic acids is 1. The first kappa shape index (κ1) is 14.5. The van der Waals surface area contributed by atoms with Gasteiger partial charge in [-0.1, -0.05) is 20.3 Å². The standard InChI is InChI=1S/C13H26N2O2/c1-4-17-10(9-14)8-12(16)15-11-6-5-7-13(11,2)3/h10-11H,4-9,14H2,1-3H3,(H,15,16). The molecule has 0 aromatic carbocycles. The number of hydrogen-bond donors (Lipinski definition) is 2. The van der Waals surface area contributed by atoms with Crippen molar-refractivity contribution < 1.29 is 9.53 Å². The molecule has 0 radical (unpaired) electrons. The minimum absolute atomic E-state index is 0.0638. The van der Waals surface area contributed by atoms with Crippen LogP contribution in [-0.2, 0) is 9.53 Å². The summed E-state index contributed by atoms with van der Waals surface area (Å²) in [6.07, 6.45) is 3.69. The molecule has 1 aliphatic carbocycles. The number of nitrogens with one attached hydrogen (secondary N) is 1. The first-order valence-electron chi connectivity index (χ1n) is 6.60. The van der Waals surface area contributed by atoms with Gasteiger partial charge in [0.25, 0.3) is 0 Å². The molecule has 1 rings (SSSR count). The lowest BCUT2D eigenvalue weighted by molar-refractivity contribution is -0.125. The smallest absolute Gasteiger partial charge is 0.222 e. The molecular formula is C13H26N2O2. The highest BCUT2D eigenvalue weighted by atomic mass is 16.5. The molecule has 100 valence electrons. The second-order valence-corrected chi connectivity index (χ2v) is 5.52. The Morgan fingerprint density at radius 3 is 2.76 bits per heavy atom. The van der Waals surface area contributed by atoms with Crippen LogP contribution in [0.2, 0.25) is 0 Å². The maximum absolute atomic E-state index is 11.9. The average Bonchev–Trinajstić information content (AvgIpc) is 2.57. The van der Waals surface area contributed by atoms with Crippen molar-refractivity contribution >= 4 is 5.91 Å². The molecule has 1 amide bonds. The van der Waals surface area contributed by atoms with Crippen molar-refractivity contribution in [1.29, 1.82) is 0 Å². The molecule has 0 saturated heterocycles. The first-order valence-corrected chi connectivity index (χ1v) is 6.60. The lowest BCUT2D eigenvalue weighted by Crippen LogP contribution is -2.43. The molecular weight excluding hydrogens is 216 g/mol. The molecule has 2 atom stereocenters. The van der Waals surface area contributed by atoms with Gasteiger partial charge in [0.05, 0.1) is 12.5 Å². The fourth-order valence-electron chi connectivity index (χ4n) is 2.50. The zero-order valence-electron chi connectivity index (χ0n) is 11.3. The zero-order chi connectivity index (χ0) is 12.9. The van der Waals surface area contributed by atoms with Crippen molar-refractivity contribution in [3.63, 3.8) is 0 Å². The van der Waals surface area contributed by atoms with E-state index in [1.807, 2.05) is 6.92 Å². The SMILES string of the molecule is CCOC(CN)CC(=O)NC1CCCC1(C)C. The maximum Gasteiger partial charge on any atom is 0.222 e. The summed E-state index contributed by atoms with van der Waals surface area (Å²) in [5.41, 5.74) is 5.79. The molecule has 0 aromatic rings. The molecule has 1 fully saturated rings. The summed E-state index contributed by atoms with van der Waals surface area (Å²) in [6.45, 7) is 7.35. The van der Waals surface area contributed by atoms with E-state index in [4.69, 9.17) is 10.5 Å². The highest BCUT2D eigenvalue weighted by Crippen LogP contribution is 2.37. The van der Waals surface area contributed by atoms with Crippen molar-refractivity contribution in [1.82, 2.24) is 5.32 Å². The van der Waals surface area contributed by atoms with Gasteiger partial charge in [-0.25, -0.2) is 0 Å². The number of hydrogen-bond acceptors (Lipinski definition) is 3. The van der Waals surface area contributed by atoms with Crippen LogP contribution < -0.4 is 11.1 Å². The quantitative estimate of drug-likeness (QED) is 0.740. The molecule has 0 spiro atoms. The van der Waals surface area contributed by atoms with E-state index in [1.54, 1.807) is 0 Å². The number of carbonyl (C=O) groups is 1. The summed E-state index contributed by atoms with van der Waals surface area (Å²) in [7, 11) is 0. The number of rotatable bonds is 6. The van der Waals surface area contributed by atoms with Crippen LogP contribution in [0.4, 0.5) is 0 Å². The third-order valence-corrected chi connectivity index (χ3v) is 3.67. The van der Waals surface area contributed by atoms with Gasteiger partial charge in [-0.15, -0.1) is 0 Å². The minimum atomic E-state index is -0.149. The van der Waals surface area contributed by atoms with Gasteiger partial charge >= 0.3 is 0 Å². The Labute approximate surface area is 104 Å². The van der Waals surface area contributed by atoms with Crippen molar-refractivity contribution in [2.45, 2.75) is 58.6 Å². The molecule has 0 heterocycles. The third-order valence-electron chi connectivity index (χ3n) is 3.67. The largest absolute Gasteiger partial charge is 0.377 e. The minimum Gasteiger partial charge on any atom is -0.377 e. The Kier molecular flexibility index (Phi) is 5.40. The van der Waals surface area contributed by atoms with Crippen LogP contribution in [0, 0.1) is 5.41 Å². The summed E-state index contributed by atoms with van der Waals surface area (Å²) < 4.78 is 5.39. The Balaban J connectivity index is 2.38. The fourth-order valence-corrected chi connectivity index (χ4v) is 2.50. The monoisotopic (exact) mass is 242 g/mol. The van der Waals surface area contributed by atoms with Gasteiger partial charge in [0, 0.05) is 19.2 Å². The van der Waals surface area contributed by atoms with E-state index in [2.05, 4.69) is 19.2 Å². The van der Waals surface area contributed by atoms with E-state index in [0.29, 0.717) is 25.6 Å². The van der Waals surface area contributed by atoms with Crippen LogP contribution in [0.5, 0.6) is 0 Å². The second-order valence-electron chi connectivity index (χ2n) is 5.52. The summed E-state index contributed by atoms with van der Waals surface area (Å²) in [6, 6.07) is 0.301. The Hall–Kier alpha value is -0.610. The van der Waals surface area contributed by atoms with Crippen LogP contribution in [0.3, 0.4) is 0 Å². The molecule has 1 aliphatic rings. The number of amides is 1. The maximum atomic E-state index is 11.9. The van der Waals surface area contributed by atoms with Gasteiger partial charge in [0.15, 0.2) is 0 Å². The Morgan fingerprint density at radius 1 is 1.59 bits per heavy atom. The van der Waals surface area contributed by atoms with Crippen molar-refractivity contribution in [3.05, 3.63) is 0 Å². The van der Waals surface area contributed by atoms with Gasteiger partial charge in [-0.05, 0) is 25.2 Å². The van der Waals surface area contributed by atoms with Crippen LogP contribution in [0.25, 0.3) is 0 Å². The molecule has 4 nitrogen and oxygen atoms in total. The summed E-state index contributed by atoms with van der Waals surface area (Å²) in [5.74, 6) is 0.0638. The van der Waals surface area contributed by atoms with E-state index in [0.717, 1.165) is 6.42 Å². The van der Waals surface area contributed by atoms with Crippen molar-refractivity contribution in [2.24, 2.45) is 11.1 Å². The van der Waals surface area contributed by atoms with Gasteiger partial charge in [-0.3, -0.25) is 4.79 Å². The molecule has 3 N–H and O–H groups in total. The van der Waals surface area contributed by atoms with E-state index >= 15 is 0 Å². The van der Waals surface area contributed by atoms with E-state index in [9.17, 15) is 4.79 Å². The molecule has 17 heavy (non-hydrogen) atoms. The first-order chi connectivity index (χ1) is 7.99. The van der Waals surface area contributed by atoms with Gasteiger partial charge in [0.1, 0.15) is 0 Å². The van der Waals surface area contributed by atoms with Gasteiger partial charge in [-0.2, -0.15) is 0 Å². The predicted octanol–water partition coefficient (Wildman–Crippen LogP) is 1.44. The van der Waals surface area contributed by atoms with Gasteiger partial charge in [0.2, 0.25) is 5.91 Å². The average molecular weight is 242 g/mol. The van der Waals surface area contributed by atoms with Crippen LogP contribution in [0.15, 0.2) is 0 Å². The van der Waals surface area contributed by atoms with E-state index < -0.39 is 0 Å². The second kappa shape index (κ2) is 6.36. The number of ether oxygens (including phenoxy) is 1. The summed E-state index contributed by atoms with van der Waals surface area (Å²) in [5, 5.41) is 3.12. The predicted molar refractivity (Wildman–Crippen MR) is 68.6 cm³/mol. The molecule has 0 aromatic heterocycles. The van der Waals surface area contributed by atoms with E-state index in [-0.39, 0.29) is 17.4 Å². The topological polar surface area (TPSA) is 64.3 Å². The summed E-state index contributed by atoms with van der Waals surface area (Å²) >= 11 is 0. The highest BCUT2D eigenvalue weighted by Gasteiger charge is 2.35. The fraction of sp³-hybridized carbons (Fsp3) is 0.923. The lowest BCUT2D eigenvalue weighted by Gasteiger charge is -2.28. The zero-order valence-corrected chi connectivity index (χ0v) is 11.3. The number of nitrogens with two attached hydrogens (primary N) is 1. The molecule has 0 aliphatic heterocycles. The molecule has 1 saturated carbocycles. The van der Waals surface area contributed by atoms with E-state index in [1.165, 1.54) is 12.8 Å². The summed E-state index contributed by atoms with van der Waals surface area (Å²) in [4.78, 5) is 11.9. The third kappa shape index (κ3) is 4.28. The van der Waals surface area contributed by atoms with Crippen LogP contribution in [-0.4, -0.2) is 31.2 Å². The van der Waals surface area contributed by atoms with Gasteiger partial charge < -0.3 is 15.8 Å². The molecule has 4 heteroatoms. The van der Waals surface area contributed by atoms with Crippen molar-refractivity contribution in [2.75, 3.05) is 13.2 Å². The Bertz CT molecular complexity index is 254.